The number of carbonyl (C=O) groups is 1. The first-order chi connectivity index (χ1) is 10.1. The lowest BCUT2D eigenvalue weighted by Gasteiger charge is -2.13. The van der Waals surface area contributed by atoms with Gasteiger partial charge in [-0.25, -0.2) is 4.39 Å². The van der Waals surface area contributed by atoms with Crippen LogP contribution in [0, 0.1) is 5.82 Å². The van der Waals surface area contributed by atoms with Gasteiger partial charge in [-0.3, -0.25) is 9.79 Å². The third-order valence-electron chi connectivity index (χ3n) is 2.69. The molecule has 0 radical (unpaired) electrons. The molecule has 1 aromatic rings. The van der Waals surface area contributed by atoms with Crippen molar-refractivity contribution in [2.45, 2.75) is 19.4 Å². The fourth-order valence-electron chi connectivity index (χ4n) is 1.53. The summed E-state index contributed by atoms with van der Waals surface area (Å²) in [4.78, 5) is 15.6. The Bertz CT molecular complexity index is 524. The molecule has 0 spiro atoms. The van der Waals surface area contributed by atoms with Gasteiger partial charge in [-0.2, -0.15) is 0 Å². The van der Waals surface area contributed by atoms with Crippen LogP contribution in [0.25, 0.3) is 0 Å². The van der Waals surface area contributed by atoms with E-state index in [1.165, 1.54) is 24.3 Å². The van der Waals surface area contributed by atoms with Crippen LogP contribution in [0.4, 0.5) is 10.1 Å². The molecule has 112 valence electrons. The van der Waals surface area contributed by atoms with Crippen LogP contribution in [0.15, 0.2) is 53.7 Å². The van der Waals surface area contributed by atoms with E-state index in [9.17, 15) is 9.18 Å². The normalized spacial score (nSPS) is 12.4. The SMILES string of the molecule is C=C/C=C(\OCCC(=O)Nc1ccc(F)cc1)[C@@H](C)N=C. The number of carbonyl (C=O) groups excluding carboxylic acids is 1. The average molecular weight is 290 g/mol. The van der Waals surface area contributed by atoms with Crippen molar-refractivity contribution in [3.8, 4) is 0 Å². The van der Waals surface area contributed by atoms with E-state index in [1.54, 1.807) is 12.2 Å². The van der Waals surface area contributed by atoms with Gasteiger partial charge < -0.3 is 10.1 Å². The van der Waals surface area contributed by atoms with E-state index in [2.05, 4.69) is 23.6 Å². The van der Waals surface area contributed by atoms with Crippen molar-refractivity contribution in [2.24, 2.45) is 4.99 Å². The van der Waals surface area contributed by atoms with E-state index >= 15 is 0 Å². The number of benzene rings is 1. The topological polar surface area (TPSA) is 50.7 Å². The zero-order valence-corrected chi connectivity index (χ0v) is 12.0. The van der Waals surface area contributed by atoms with Crippen LogP contribution in [0.5, 0.6) is 0 Å². The molecule has 5 heteroatoms. The van der Waals surface area contributed by atoms with Crippen molar-refractivity contribution >= 4 is 18.3 Å². The summed E-state index contributed by atoms with van der Waals surface area (Å²) < 4.78 is 18.2. The minimum atomic E-state index is -0.346. The number of nitrogens with one attached hydrogen (secondary N) is 1. The lowest BCUT2D eigenvalue weighted by molar-refractivity contribution is -0.117. The van der Waals surface area contributed by atoms with Crippen LogP contribution in [0.1, 0.15) is 13.3 Å². The van der Waals surface area contributed by atoms with Crippen LogP contribution in [-0.4, -0.2) is 25.3 Å². The van der Waals surface area contributed by atoms with Crippen molar-refractivity contribution < 1.29 is 13.9 Å². The summed E-state index contributed by atoms with van der Waals surface area (Å²) in [6.45, 7) is 9.10. The minimum Gasteiger partial charge on any atom is -0.495 e. The first-order valence-electron chi connectivity index (χ1n) is 6.53. The molecule has 0 aliphatic rings. The molecule has 1 amide bonds. The molecule has 1 aromatic carbocycles. The second-order valence-electron chi connectivity index (χ2n) is 4.32. The molecule has 0 unspecified atom stereocenters. The van der Waals surface area contributed by atoms with Crippen molar-refractivity contribution in [3.63, 3.8) is 0 Å². The molecule has 1 rings (SSSR count). The quantitative estimate of drug-likeness (QED) is 0.453. The molecule has 0 aliphatic carbocycles. The summed E-state index contributed by atoms with van der Waals surface area (Å²) in [6.07, 6.45) is 3.46. The molecule has 0 bridgehead atoms. The van der Waals surface area contributed by atoms with E-state index in [0.29, 0.717) is 11.4 Å². The van der Waals surface area contributed by atoms with Crippen LogP contribution >= 0.6 is 0 Å². The Labute approximate surface area is 124 Å². The molecule has 4 nitrogen and oxygen atoms in total. The molecule has 21 heavy (non-hydrogen) atoms. The highest BCUT2D eigenvalue weighted by Crippen LogP contribution is 2.10. The third kappa shape index (κ3) is 6.03. The Hall–Kier alpha value is -2.43. The number of aliphatic imine (C=N–C) groups is 1. The Balaban J connectivity index is 2.42. The predicted molar refractivity (Wildman–Crippen MR) is 82.9 cm³/mol. The Morgan fingerprint density at radius 1 is 1.48 bits per heavy atom. The van der Waals surface area contributed by atoms with Gasteiger partial charge in [-0.1, -0.05) is 12.7 Å². The number of hydrogen-bond acceptors (Lipinski definition) is 3. The maximum absolute atomic E-state index is 12.7. The summed E-state index contributed by atoms with van der Waals surface area (Å²) >= 11 is 0. The van der Waals surface area contributed by atoms with Crippen LogP contribution in [0.2, 0.25) is 0 Å². The molecule has 0 saturated carbocycles. The monoisotopic (exact) mass is 290 g/mol. The molecule has 0 aromatic heterocycles. The number of allylic oxidation sites excluding steroid dienone is 2. The summed E-state index contributed by atoms with van der Waals surface area (Å²) in [7, 11) is 0. The highest BCUT2D eigenvalue weighted by Gasteiger charge is 2.08. The van der Waals surface area contributed by atoms with Gasteiger partial charge in [0, 0.05) is 5.69 Å². The molecule has 0 aliphatic heterocycles. The third-order valence-corrected chi connectivity index (χ3v) is 2.69. The Morgan fingerprint density at radius 3 is 2.71 bits per heavy atom. The van der Waals surface area contributed by atoms with Crippen molar-refractivity contribution in [1.82, 2.24) is 0 Å². The number of rotatable bonds is 8. The number of halogens is 1. The number of hydrogen-bond donors (Lipinski definition) is 1. The lowest BCUT2D eigenvalue weighted by atomic mass is 10.2. The molecular formula is C16H19FN2O2. The molecule has 1 N–H and O–H groups in total. The summed E-state index contributed by atoms with van der Waals surface area (Å²) in [5.74, 6) is 0.0507. The van der Waals surface area contributed by atoms with Gasteiger partial charge in [0.1, 0.15) is 17.6 Å². The number of amides is 1. The number of anilines is 1. The van der Waals surface area contributed by atoms with Crippen molar-refractivity contribution in [3.05, 3.63) is 54.6 Å². The van der Waals surface area contributed by atoms with Gasteiger partial charge in [0.25, 0.3) is 0 Å². The summed E-state index contributed by atoms with van der Waals surface area (Å²) in [5.41, 5.74) is 0.546. The summed E-state index contributed by atoms with van der Waals surface area (Å²) in [5, 5.41) is 2.66. The fourth-order valence-corrected chi connectivity index (χ4v) is 1.53. The molecular weight excluding hydrogens is 271 g/mol. The van der Waals surface area contributed by atoms with E-state index in [1.807, 2.05) is 6.92 Å². The highest BCUT2D eigenvalue weighted by atomic mass is 19.1. The van der Waals surface area contributed by atoms with E-state index in [4.69, 9.17) is 4.74 Å². The molecule has 0 saturated heterocycles. The Kier molecular flexibility index (Phi) is 6.87. The smallest absolute Gasteiger partial charge is 0.227 e. The first-order valence-corrected chi connectivity index (χ1v) is 6.53. The average Bonchev–Trinajstić information content (AvgIpc) is 2.48. The van der Waals surface area contributed by atoms with E-state index < -0.39 is 0 Å². The maximum Gasteiger partial charge on any atom is 0.227 e. The van der Waals surface area contributed by atoms with Gasteiger partial charge in [0.2, 0.25) is 5.91 Å². The van der Waals surface area contributed by atoms with Crippen LogP contribution < -0.4 is 5.32 Å². The first kappa shape index (κ1) is 16.6. The maximum atomic E-state index is 12.7. The summed E-state index contributed by atoms with van der Waals surface area (Å²) in [6, 6.07) is 5.38. The molecule has 0 heterocycles. The van der Waals surface area contributed by atoms with E-state index in [-0.39, 0.29) is 30.8 Å². The second kappa shape index (κ2) is 8.68. The van der Waals surface area contributed by atoms with Gasteiger partial charge in [-0.05, 0) is 44.0 Å². The zero-order chi connectivity index (χ0) is 15.7. The van der Waals surface area contributed by atoms with E-state index in [0.717, 1.165) is 0 Å². The van der Waals surface area contributed by atoms with Gasteiger partial charge in [-0.15, -0.1) is 0 Å². The van der Waals surface area contributed by atoms with Crippen LogP contribution in [-0.2, 0) is 9.53 Å². The number of nitrogens with zero attached hydrogens (tertiary/aromatic N) is 1. The molecule has 1 atom stereocenters. The minimum absolute atomic E-state index is 0.176. The van der Waals surface area contributed by atoms with Crippen molar-refractivity contribution in [2.75, 3.05) is 11.9 Å². The van der Waals surface area contributed by atoms with Gasteiger partial charge in [0.15, 0.2) is 0 Å². The van der Waals surface area contributed by atoms with Gasteiger partial charge >= 0.3 is 0 Å². The van der Waals surface area contributed by atoms with Crippen molar-refractivity contribution in [1.29, 1.82) is 0 Å². The largest absolute Gasteiger partial charge is 0.495 e. The zero-order valence-electron chi connectivity index (χ0n) is 12.0. The standard InChI is InChI=1S/C16H19FN2O2/c1-4-5-15(12(2)18-3)21-11-10-16(20)19-14-8-6-13(17)7-9-14/h4-9,12H,1,3,10-11H2,2H3,(H,19,20)/b15-5-/t12-/m1/s1. The second-order valence-corrected chi connectivity index (χ2v) is 4.32. The molecule has 0 fully saturated rings. The lowest BCUT2D eigenvalue weighted by Crippen LogP contribution is -2.15. The van der Waals surface area contributed by atoms with Gasteiger partial charge in [0.05, 0.1) is 13.0 Å². The number of ether oxygens (including phenoxy) is 1. The Morgan fingerprint density at radius 2 is 2.14 bits per heavy atom. The van der Waals surface area contributed by atoms with Crippen LogP contribution in [0.3, 0.4) is 0 Å². The fraction of sp³-hybridized carbons (Fsp3) is 0.250. The predicted octanol–water partition coefficient (Wildman–Crippen LogP) is 3.33. The highest BCUT2D eigenvalue weighted by molar-refractivity contribution is 5.90.